The molecule has 0 radical (unpaired) electrons. The standard InChI is InChI=1S/C18H22N2O5S/c21-16(22)10-14-11-26-8-6-20(14)18(24)12-3-1-4-13(9-12)19-17(23)15-5-2-7-25-15/h1,3-4,9,14-15H,2,5-8,10-11H2,(H,19,23)(H,21,22). The van der Waals surface area contributed by atoms with Crippen molar-refractivity contribution in [2.75, 3.05) is 30.0 Å². The number of aliphatic carboxylic acids is 1. The van der Waals surface area contributed by atoms with Crippen molar-refractivity contribution < 1.29 is 24.2 Å². The maximum absolute atomic E-state index is 12.9. The predicted octanol–water partition coefficient (Wildman–Crippen LogP) is 1.84. The highest BCUT2D eigenvalue weighted by atomic mass is 32.2. The van der Waals surface area contributed by atoms with Crippen LogP contribution >= 0.6 is 11.8 Å². The van der Waals surface area contributed by atoms with Gasteiger partial charge in [-0.15, -0.1) is 0 Å². The molecule has 2 N–H and O–H groups in total. The maximum atomic E-state index is 12.9. The van der Waals surface area contributed by atoms with Gasteiger partial charge in [0.2, 0.25) is 0 Å². The lowest BCUT2D eigenvalue weighted by atomic mass is 10.1. The fourth-order valence-electron chi connectivity index (χ4n) is 3.20. The fourth-order valence-corrected chi connectivity index (χ4v) is 4.26. The van der Waals surface area contributed by atoms with E-state index < -0.39 is 12.1 Å². The largest absolute Gasteiger partial charge is 0.481 e. The third-order valence-corrected chi connectivity index (χ3v) is 5.59. The first-order chi connectivity index (χ1) is 12.5. The number of hydrogen-bond acceptors (Lipinski definition) is 5. The molecular formula is C18H22N2O5S. The summed E-state index contributed by atoms with van der Waals surface area (Å²) in [6.07, 6.45) is 1.07. The summed E-state index contributed by atoms with van der Waals surface area (Å²) in [5.41, 5.74) is 0.981. The zero-order valence-electron chi connectivity index (χ0n) is 14.3. The molecule has 26 heavy (non-hydrogen) atoms. The molecule has 2 amide bonds. The molecule has 0 aliphatic carbocycles. The van der Waals surface area contributed by atoms with Crippen LogP contribution in [-0.4, -0.2) is 64.6 Å². The van der Waals surface area contributed by atoms with Crippen LogP contribution in [0.1, 0.15) is 29.6 Å². The number of carbonyl (C=O) groups excluding carboxylic acids is 2. The molecule has 140 valence electrons. The Hall–Kier alpha value is -2.06. The van der Waals surface area contributed by atoms with Crippen LogP contribution in [-0.2, 0) is 14.3 Å². The molecule has 0 aromatic heterocycles. The summed E-state index contributed by atoms with van der Waals surface area (Å²) in [7, 11) is 0. The van der Waals surface area contributed by atoms with Gasteiger partial charge in [0.15, 0.2) is 0 Å². The second-order valence-electron chi connectivity index (χ2n) is 6.40. The smallest absolute Gasteiger partial charge is 0.305 e. The number of thioether (sulfide) groups is 1. The van der Waals surface area contributed by atoms with Crippen molar-refractivity contribution in [3.05, 3.63) is 29.8 Å². The molecule has 0 saturated carbocycles. The highest BCUT2D eigenvalue weighted by Gasteiger charge is 2.30. The number of carboxylic acids is 1. The van der Waals surface area contributed by atoms with Crippen LogP contribution in [0.15, 0.2) is 24.3 Å². The number of ether oxygens (including phenoxy) is 1. The molecule has 2 aliphatic rings. The van der Waals surface area contributed by atoms with E-state index in [1.807, 2.05) is 0 Å². The molecule has 2 aliphatic heterocycles. The van der Waals surface area contributed by atoms with Crippen molar-refractivity contribution in [2.45, 2.75) is 31.4 Å². The van der Waals surface area contributed by atoms with Crippen molar-refractivity contribution in [1.29, 1.82) is 0 Å². The average Bonchev–Trinajstić information content (AvgIpc) is 3.16. The van der Waals surface area contributed by atoms with Crippen LogP contribution in [0.5, 0.6) is 0 Å². The summed E-state index contributed by atoms with van der Waals surface area (Å²) >= 11 is 1.66. The predicted molar refractivity (Wildman–Crippen MR) is 98.4 cm³/mol. The fraction of sp³-hybridized carbons (Fsp3) is 0.500. The van der Waals surface area contributed by atoms with E-state index in [2.05, 4.69) is 5.32 Å². The molecular weight excluding hydrogens is 356 g/mol. The number of amides is 2. The van der Waals surface area contributed by atoms with Crippen LogP contribution in [0, 0.1) is 0 Å². The van der Waals surface area contributed by atoms with E-state index in [9.17, 15) is 14.4 Å². The van der Waals surface area contributed by atoms with E-state index in [4.69, 9.17) is 9.84 Å². The molecule has 1 aromatic rings. The zero-order valence-corrected chi connectivity index (χ0v) is 15.2. The Kier molecular flexibility index (Phi) is 6.16. The molecule has 8 heteroatoms. The van der Waals surface area contributed by atoms with Crippen molar-refractivity contribution in [3.8, 4) is 0 Å². The molecule has 2 fully saturated rings. The second kappa shape index (κ2) is 8.55. The number of nitrogens with zero attached hydrogens (tertiary/aromatic N) is 1. The van der Waals surface area contributed by atoms with E-state index >= 15 is 0 Å². The van der Waals surface area contributed by atoms with Gasteiger partial charge in [0.1, 0.15) is 6.10 Å². The Bertz CT molecular complexity index is 690. The minimum Gasteiger partial charge on any atom is -0.481 e. The molecule has 2 unspecified atom stereocenters. The van der Waals surface area contributed by atoms with E-state index in [1.54, 1.807) is 40.9 Å². The summed E-state index contributed by atoms with van der Waals surface area (Å²) in [5.74, 6) is 0.0907. The number of carbonyl (C=O) groups is 3. The zero-order chi connectivity index (χ0) is 18.5. The lowest BCUT2D eigenvalue weighted by molar-refractivity contribution is -0.138. The third kappa shape index (κ3) is 4.56. The van der Waals surface area contributed by atoms with Gasteiger partial charge in [-0.05, 0) is 31.0 Å². The van der Waals surface area contributed by atoms with Gasteiger partial charge in [-0.3, -0.25) is 14.4 Å². The number of hydrogen-bond donors (Lipinski definition) is 2. The van der Waals surface area contributed by atoms with Gasteiger partial charge in [0, 0.05) is 35.9 Å². The van der Waals surface area contributed by atoms with Crippen molar-refractivity contribution in [3.63, 3.8) is 0 Å². The Balaban J connectivity index is 1.70. The summed E-state index contributed by atoms with van der Waals surface area (Å²) in [6, 6.07) is 6.44. The van der Waals surface area contributed by atoms with Crippen LogP contribution in [0.25, 0.3) is 0 Å². The number of anilines is 1. The van der Waals surface area contributed by atoms with Crippen LogP contribution in [0.4, 0.5) is 5.69 Å². The van der Waals surface area contributed by atoms with Gasteiger partial charge in [-0.1, -0.05) is 6.07 Å². The lowest BCUT2D eigenvalue weighted by Crippen LogP contribution is -2.47. The summed E-state index contributed by atoms with van der Waals surface area (Å²) in [6.45, 7) is 1.11. The van der Waals surface area contributed by atoms with Gasteiger partial charge < -0.3 is 20.1 Å². The highest BCUT2D eigenvalue weighted by molar-refractivity contribution is 7.99. The lowest BCUT2D eigenvalue weighted by Gasteiger charge is -2.34. The molecule has 2 atom stereocenters. The Labute approximate surface area is 156 Å². The number of carboxylic acid groups (broad SMARTS) is 1. The molecule has 0 bridgehead atoms. The van der Waals surface area contributed by atoms with E-state index in [-0.39, 0.29) is 24.3 Å². The molecule has 0 spiro atoms. The van der Waals surface area contributed by atoms with Crippen LogP contribution < -0.4 is 5.32 Å². The minimum atomic E-state index is -0.909. The third-order valence-electron chi connectivity index (χ3n) is 4.50. The van der Waals surface area contributed by atoms with Gasteiger partial charge in [-0.2, -0.15) is 11.8 Å². The first kappa shape index (κ1) is 18.7. The number of rotatable bonds is 5. The topological polar surface area (TPSA) is 95.9 Å². The first-order valence-electron chi connectivity index (χ1n) is 8.67. The maximum Gasteiger partial charge on any atom is 0.305 e. The number of benzene rings is 1. The van der Waals surface area contributed by atoms with Crippen molar-refractivity contribution in [1.82, 2.24) is 4.90 Å². The average molecular weight is 378 g/mol. The monoisotopic (exact) mass is 378 g/mol. The van der Waals surface area contributed by atoms with E-state index in [0.717, 1.165) is 12.2 Å². The van der Waals surface area contributed by atoms with Crippen LogP contribution in [0.2, 0.25) is 0 Å². The van der Waals surface area contributed by atoms with E-state index in [1.165, 1.54) is 0 Å². The Morgan fingerprint density at radius 2 is 2.19 bits per heavy atom. The molecule has 1 aromatic carbocycles. The molecule has 2 heterocycles. The summed E-state index contributed by atoms with van der Waals surface area (Å²) in [5, 5.41) is 11.9. The van der Waals surface area contributed by atoms with Crippen molar-refractivity contribution in [2.24, 2.45) is 0 Å². The second-order valence-corrected chi connectivity index (χ2v) is 7.55. The minimum absolute atomic E-state index is 0.0613. The van der Waals surface area contributed by atoms with Gasteiger partial charge >= 0.3 is 5.97 Å². The first-order valence-corrected chi connectivity index (χ1v) is 9.83. The Morgan fingerprint density at radius 1 is 1.35 bits per heavy atom. The van der Waals surface area contributed by atoms with Crippen molar-refractivity contribution >= 4 is 35.2 Å². The SMILES string of the molecule is O=C(O)CC1CSCCN1C(=O)c1cccc(NC(=O)C2CCCO2)c1. The number of nitrogens with one attached hydrogen (secondary N) is 1. The normalized spacial score (nSPS) is 22.8. The quantitative estimate of drug-likeness (QED) is 0.812. The van der Waals surface area contributed by atoms with Gasteiger partial charge in [0.05, 0.1) is 12.5 Å². The van der Waals surface area contributed by atoms with Crippen LogP contribution in [0.3, 0.4) is 0 Å². The Morgan fingerprint density at radius 3 is 2.92 bits per heavy atom. The highest BCUT2D eigenvalue weighted by Crippen LogP contribution is 2.23. The molecule has 2 saturated heterocycles. The van der Waals surface area contributed by atoms with Gasteiger partial charge in [-0.25, -0.2) is 0 Å². The summed E-state index contributed by atoms with van der Waals surface area (Å²) in [4.78, 5) is 37.7. The van der Waals surface area contributed by atoms with Gasteiger partial charge in [0.25, 0.3) is 11.8 Å². The summed E-state index contributed by atoms with van der Waals surface area (Å²) < 4.78 is 5.37. The van der Waals surface area contributed by atoms with E-state index in [0.29, 0.717) is 36.6 Å². The molecule has 7 nitrogen and oxygen atoms in total. The molecule has 3 rings (SSSR count).